The van der Waals surface area contributed by atoms with Gasteiger partial charge in [-0.25, -0.2) is 9.97 Å². The first kappa shape index (κ1) is 30.7. The molecule has 0 aliphatic heterocycles. The summed E-state index contributed by atoms with van der Waals surface area (Å²) in [6.45, 7) is 5.78. The maximum absolute atomic E-state index is 13.7. The van der Waals surface area contributed by atoms with Gasteiger partial charge in [-0.15, -0.1) is 0 Å². The SMILES string of the molecule is CC[C@H](C)[C@H](NC(=O)[C@H](Cc1ccccc1)C[C@H](O)[C@@H](N)Cc1ccccc1)C(=O)NCc1cnc(C)nc1N. The zero-order valence-electron chi connectivity index (χ0n) is 23.6. The minimum atomic E-state index is -0.903. The van der Waals surface area contributed by atoms with Gasteiger partial charge in [0.15, 0.2) is 0 Å². The highest BCUT2D eigenvalue weighted by Gasteiger charge is 2.31. The molecule has 3 rings (SSSR count). The van der Waals surface area contributed by atoms with Crippen molar-refractivity contribution < 1.29 is 14.7 Å². The van der Waals surface area contributed by atoms with Gasteiger partial charge < -0.3 is 27.2 Å². The summed E-state index contributed by atoms with van der Waals surface area (Å²) in [5.41, 5.74) is 14.9. The summed E-state index contributed by atoms with van der Waals surface area (Å²) in [4.78, 5) is 35.2. The third kappa shape index (κ3) is 9.14. The lowest BCUT2D eigenvalue weighted by Crippen LogP contribution is -2.52. The summed E-state index contributed by atoms with van der Waals surface area (Å²) in [6.07, 6.45) is 2.44. The number of carbonyl (C=O) groups is 2. The second-order valence-electron chi connectivity index (χ2n) is 10.5. The molecule has 5 atom stereocenters. The molecule has 0 fully saturated rings. The summed E-state index contributed by atoms with van der Waals surface area (Å²) in [6, 6.07) is 18.1. The number of nitrogens with zero attached hydrogens (tertiary/aromatic N) is 2. The van der Waals surface area contributed by atoms with E-state index >= 15 is 0 Å². The average molecular weight is 547 g/mol. The van der Waals surface area contributed by atoms with E-state index < -0.39 is 24.1 Å². The van der Waals surface area contributed by atoms with Gasteiger partial charge in [-0.3, -0.25) is 9.59 Å². The molecule has 2 aromatic carbocycles. The van der Waals surface area contributed by atoms with Crippen LogP contribution < -0.4 is 22.1 Å². The Labute approximate surface area is 236 Å². The van der Waals surface area contributed by atoms with E-state index in [0.717, 1.165) is 11.1 Å². The molecule has 9 nitrogen and oxygen atoms in total. The number of nitrogen functional groups attached to an aromatic ring is 1. The first-order chi connectivity index (χ1) is 19.2. The number of benzene rings is 2. The monoisotopic (exact) mass is 546 g/mol. The van der Waals surface area contributed by atoms with Gasteiger partial charge in [0.1, 0.15) is 17.7 Å². The van der Waals surface area contributed by atoms with Crippen LogP contribution in [0.3, 0.4) is 0 Å². The Morgan fingerprint density at radius 1 is 0.975 bits per heavy atom. The molecule has 0 aliphatic carbocycles. The van der Waals surface area contributed by atoms with Gasteiger partial charge >= 0.3 is 0 Å². The van der Waals surface area contributed by atoms with Gasteiger partial charge in [-0.1, -0.05) is 80.9 Å². The van der Waals surface area contributed by atoms with Crippen LogP contribution in [0.2, 0.25) is 0 Å². The molecule has 0 saturated carbocycles. The number of anilines is 1. The first-order valence-corrected chi connectivity index (χ1v) is 13.9. The van der Waals surface area contributed by atoms with Crippen LogP contribution in [0.15, 0.2) is 66.9 Å². The zero-order valence-corrected chi connectivity index (χ0v) is 23.6. The molecule has 2 amide bonds. The molecule has 3 aromatic rings. The van der Waals surface area contributed by atoms with Gasteiger partial charge in [0.05, 0.1) is 6.10 Å². The van der Waals surface area contributed by atoms with Crippen LogP contribution in [0.1, 0.15) is 49.2 Å². The van der Waals surface area contributed by atoms with E-state index in [1.807, 2.05) is 74.5 Å². The van der Waals surface area contributed by atoms with Gasteiger partial charge in [0, 0.05) is 30.3 Å². The Hall–Kier alpha value is -3.82. The number of carbonyl (C=O) groups excluding carboxylic acids is 2. The number of nitrogens with one attached hydrogen (secondary N) is 2. The van der Waals surface area contributed by atoms with Crippen molar-refractivity contribution in [3.8, 4) is 0 Å². The number of nitrogens with two attached hydrogens (primary N) is 2. The van der Waals surface area contributed by atoms with Crippen LogP contribution in [0, 0.1) is 18.8 Å². The molecule has 9 heteroatoms. The highest BCUT2D eigenvalue weighted by atomic mass is 16.3. The molecule has 214 valence electrons. The van der Waals surface area contributed by atoms with E-state index in [1.54, 1.807) is 13.1 Å². The highest BCUT2D eigenvalue weighted by molar-refractivity contribution is 5.89. The first-order valence-electron chi connectivity index (χ1n) is 13.9. The fourth-order valence-corrected chi connectivity index (χ4v) is 4.58. The third-order valence-electron chi connectivity index (χ3n) is 7.29. The Morgan fingerprint density at radius 2 is 1.57 bits per heavy atom. The molecule has 0 bridgehead atoms. The van der Waals surface area contributed by atoms with Crippen molar-refractivity contribution in [1.82, 2.24) is 20.6 Å². The lowest BCUT2D eigenvalue weighted by molar-refractivity contribution is -0.133. The van der Waals surface area contributed by atoms with E-state index in [9.17, 15) is 14.7 Å². The number of aromatic nitrogens is 2. The van der Waals surface area contributed by atoms with Crippen molar-refractivity contribution in [3.63, 3.8) is 0 Å². The Morgan fingerprint density at radius 3 is 2.15 bits per heavy atom. The van der Waals surface area contributed by atoms with E-state index in [2.05, 4.69) is 20.6 Å². The largest absolute Gasteiger partial charge is 0.391 e. The average Bonchev–Trinajstić information content (AvgIpc) is 2.95. The van der Waals surface area contributed by atoms with Crippen LogP contribution in [0.4, 0.5) is 5.82 Å². The van der Waals surface area contributed by atoms with Crippen LogP contribution in [-0.4, -0.2) is 45.1 Å². The number of hydrogen-bond donors (Lipinski definition) is 5. The number of rotatable bonds is 14. The van der Waals surface area contributed by atoms with E-state index in [1.165, 1.54) is 0 Å². The molecule has 1 aromatic heterocycles. The Bertz CT molecular complexity index is 1220. The fraction of sp³-hybridized carbons (Fsp3) is 0.419. The Kier molecular flexibility index (Phi) is 11.6. The van der Waals surface area contributed by atoms with Crippen molar-refractivity contribution in [2.24, 2.45) is 17.6 Å². The van der Waals surface area contributed by atoms with Gasteiger partial charge in [-0.05, 0) is 43.2 Å². The summed E-state index contributed by atoms with van der Waals surface area (Å²) in [5.74, 6) is -0.470. The summed E-state index contributed by atoms with van der Waals surface area (Å²) in [5, 5.41) is 16.9. The highest BCUT2D eigenvalue weighted by Crippen LogP contribution is 2.19. The van der Waals surface area contributed by atoms with E-state index in [-0.39, 0.29) is 30.7 Å². The molecule has 7 N–H and O–H groups in total. The van der Waals surface area contributed by atoms with Crippen molar-refractivity contribution in [2.45, 2.75) is 71.2 Å². The van der Waals surface area contributed by atoms with Gasteiger partial charge in [0.25, 0.3) is 0 Å². The van der Waals surface area contributed by atoms with Crippen molar-refractivity contribution in [2.75, 3.05) is 5.73 Å². The summed E-state index contributed by atoms with van der Waals surface area (Å²) >= 11 is 0. The number of aryl methyl sites for hydroxylation is 1. The molecule has 0 unspecified atom stereocenters. The van der Waals surface area contributed by atoms with Crippen molar-refractivity contribution in [1.29, 1.82) is 0 Å². The Balaban J connectivity index is 1.73. The molecular weight excluding hydrogens is 504 g/mol. The third-order valence-corrected chi connectivity index (χ3v) is 7.29. The number of aliphatic hydroxyl groups excluding tert-OH is 1. The van der Waals surface area contributed by atoms with E-state index in [4.69, 9.17) is 11.5 Å². The van der Waals surface area contributed by atoms with Crippen molar-refractivity contribution >= 4 is 17.6 Å². The molecule has 0 saturated heterocycles. The second kappa shape index (κ2) is 15.1. The normalized spacial score (nSPS) is 14.9. The van der Waals surface area contributed by atoms with Crippen LogP contribution >= 0.6 is 0 Å². The van der Waals surface area contributed by atoms with Gasteiger partial charge in [0.2, 0.25) is 11.8 Å². The summed E-state index contributed by atoms with van der Waals surface area (Å²) < 4.78 is 0. The zero-order chi connectivity index (χ0) is 29.1. The lowest BCUT2D eigenvalue weighted by atomic mass is 9.88. The smallest absolute Gasteiger partial charge is 0.243 e. The predicted molar refractivity (Wildman–Crippen MR) is 157 cm³/mol. The molecule has 0 radical (unpaired) electrons. The van der Waals surface area contributed by atoms with Crippen LogP contribution in [0.5, 0.6) is 0 Å². The molecule has 1 heterocycles. The quantitative estimate of drug-likeness (QED) is 0.208. The summed E-state index contributed by atoms with van der Waals surface area (Å²) in [7, 11) is 0. The minimum absolute atomic E-state index is 0.127. The second-order valence-corrected chi connectivity index (χ2v) is 10.5. The molecule has 0 spiro atoms. The maximum Gasteiger partial charge on any atom is 0.243 e. The predicted octanol–water partition coefficient (Wildman–Crippen LogP) is 2.69. The standard InChI is InChI=1S/C31H42N6O3/c1-4-20(2)28(31(40)35-19-25-18-34-21(3)36-29(25)33)37-30(39)24(15-22-11-7-5-8-12-22)17-27(38)26(32)16-23-13-9-6-10-14-23/h5-14,18,20,24,26-28,38H,4,15-17,19,32H2,1-3H3,(H,35,40)(H,37,39)(H2,33,34,36)/t20-,24+,26-,27-,28-/m0/s1. The van der Waals surface area contributed by atoms with Crippen LogP contribution in [0.25, 0.3) is 0 Å². The van der Waals surface area contributed by atoms with Crippen molar-refractivity contribution in [3.05, 3.63) is 89.4 Å². The number of aliphatic hydroxyl groups is 1. The number of hydrogen-bond acceptors (Lipinski definition) is 7. The molecule has 0 aliphatic rings. The lowest BCUT2D eigenvalue weighted by Gasteiger charge is -2.28. The molecular formula is C31H42N6O3. The van der Waals surface area contributed by atoms with Gasteiger partial charge in [-0.2, -0.15) is 0 Å². The van der Waals surface area contributed by atoms with E-state index in [0.29, 0.717) is 36.5 Å². The number of amides is 2. The topological polar surface area (TPSA) is 156 Å². The minimum Gasteiger partial charge on any atom is -0.391 e. The van der Waals surface area contributed by atoms with Crippen LogP contribution in [-0.2, 0) is 29.0 Å². The fourth-order valence-electron chi connectivity index (χ4n) is 4.58. The molecule has 40 heavy (non-hydrogen) atoms. The maximum atomic E-state index is 13.7.